The van der Waals surface area contributed by atoms with Gasteiger partial charge in [-0.05, 0) is 12.1 Å². The molecule has 0 aromatic heterocycles. The first-order valence-corrected chi connectivity index (χ1v) is 5.11. The minimum absolute atomic E-state index is 0.273. The molecule has 88 valence electrons. The van der Waals surface area contributed by atoms with Crippen molar-refractivity contribution in [3.63, 3.8) is 0 Å². The summed E-state index contributed by atoms with van der Waals surface area (Å²) >= 11 is 0. The van der Waals surface area contributed by atoms with Gasteiger partial charge in [-0.3, -0.25) is 0 Å². The zero-order valence-corrected chi connectivity index (χ0v) is 9.00. The quantitative estimate of drug-likeness (QED) is 0.797. The number of nitrogens with one attached hydrogen (secondary N) is 1. The van der Waals surface area contributed by atoms with Crippen LogP contribution in [0.15, 0.2) is 12.1 Å². The molecule has 0 amide bonds. The minimum Gasteiger partial charge on any atom is -0.505 e. The van der Waals surface area contributed by atoms with Crippen LogP contribution < -0.4 is 10.1 Å². The Hall–Kier alpha value is -1.33. The summed E-state index contributed by atoms with van der Waals surface area (Å²) in [5.74, 6) is -0.665. The number of phenolic OH excluding ortho intramolecular Hbond substituents is 1. The van der Waals surface area contributed by atoms with Crippen molar-refractivity contribution in [2.75, 3.05) is 26.8 Å². The number of morpholine rings is 1. The van der Waals surface area contributed by atoms with E-state index in [4.69, 9.17) is 9.47 Å². The summed E-state index contributed by atoms with van der Waals surface area (Å²) in [6.07, 6.45) is -0.421. The molecule has 16 heavy (non-hydrogen) atoms. The van der Waals surface area contributed by atoms with Gasteiger partial charge in [0.2, 0.25) is 0 Å². The highest BCUT2D eigenvalue weighted by Gasteiger charge is 2.25. The van der Waals surface area contributed by atoms with Gasteiger partial charge in [0.05, 0.1) is 19.3 Å². The molecule has 1 saturated heterocycles. The fourth-order valence-electron chi connectivity index (χ4n) is 1.79. The van der Waals surface area contributed by atoms with Gasteiger partial charge in [-0.1, -0.05) is 0 Å². The minimum atomic E-state index is -0.673. The van der Waals surface area contributed by atoms with Crippen LogP contribution in [0.5, 0.6) is 11.5 Å². The maximum Gasteiger partial charge on any atom is 0.174 e. The summed E-state index contributed by atoms with van der Waals surface area (Å²) in [5.41, 5.74) is 0.273. The molecule has 0 aliphatic carbocycles. The summed E-state index contributed by atoms with van der Waals surface area (Å²) in [6.45, 7) is 1.78. The normalized spacial score (nSPS) is 20.8. The molecule has 1 aromatic rings. The third-order valence-electron chi connectivity index (χ3n) is 2.59. The Labute approximate surface area is 93.0 Å². The number of rotatable bonds is 2. The first-order chi connectivity index (χ1) is 7.74. The maximum atomic E-state index is 13.8. The first kappa shape index (κ1) is 11.2. The van der Waals surface area contributed by atoms with Gasteiger partial charge in [0, 0.05) is 13.1 Å². The summed E-state index contributed by atoms with van der Waals surface area (Å²) < 4.78 is 24.3. The first-order valence-electron chi connectivity index (χ1n) is 5.11. The van der Waals surface area contributed by atoms with E-state index in [0.717, 1.165) is 6.54 Å². The lowest BCUT2D eigenvalue weighted by molar-refractivity contribution is 0.0237. The Kier molecular flexibility index (Phi) is 3.26. The topological polar surface area (TPSA) is 50.7 Å². The number of methoxy groups -OCH3 is 1. The predicted octanol–water partition coefficient (Wildman–Crippen LogP) is 1.20. The van der Waals surface area contributed by atoms with E-state index < -0.39 is 11.9 Å². The molecular formula is C11H14FNO3. The van der Waals surface area contributed by atoms with E-state index in [-0.39, 0.29) is 11.3 Å². The molecule has 2 N–H and O–H groups in total. The molecule has 1 heterocycles. The van der Waals surface area contributed by atoms with Crippen LogP contribution >= 0.6 is 0 Å². The SMILES string of the molecule is COc1ccc(O)c(F)c1C1CNCCO1. The fourth-order valence-corrected chi connectivity index (χ4v) is 1.79. The van der Waals surface area contributed by atoms with Crippen LogP contribution in [0.1, 0.15) is 11.7 Å². The van der Waals surface area contributed by atoms with Crippen molar-refractivity contribution in [3.05, 3.63) is 23.5 Å². The van der Waals surface area contributed by atoms with E-state index in [9.17, 15) is 9.50 Å². The molecule has 0 bridgehead atoms. The smallest absolute Gasteiger partial charge is 0.174 e. The number of aromatic hydroxyl groups is 1. The van der Waals surface area contributed by atoms with Gasteiger partial charge < -0.3 is 19.9 Å². The Morgan fingerprint density at radius 3 is 3.00 bits per heavy atom. The second-order valence-electron chi connectivity index (χ2n) is 3.58. The summed E-state index contributed by atoms with van der Waals surface area (Å²) in [5, 5.41) is 12.4. The molecule has 1 fully saturated rings. The van der Waals surface area contributed by atoms with Crippen molar-refractivity contribution in [2.45, 2.75) is 6.10 Å². The van der Waals surface area contributed by atoms with Crippen molar-refractivity contribution in [3.8, 4) is 11.5 Å². The molecule has 0 radical (unpaired) electrons. The lowest BCUT2D eigenvalue weighted by atomic mass is 10.1. The second-order valence-corrected chi connectivity index (χ2v) is 3.58. The fraction of sp³-hybridized carbons (Fsp3) is 0.455. The molecule has 2 rings (SSSR count). The van der Waals surface area contributed by atoms with Crippen LogP contribution in [0.25, 0.3) is 0 Å². The van der Waals surface area contributed by atoms with E-state index in [0.29, 0.717) is 18.9 Å². The number of halogens is 1. The molecular weight excluding hydrogens is 213 g/mol. The van der Waals surface area contributed by atoms with E-state index >= 15 is 0 Å². The molecule has 1 atom stereocenters. The Bertz CT molecular complexity index is 378. The van der Waals surface area contributed by atoms with Gasteiger partial charge in [-0.25, -0.2) is 4.39 Å². The van der Waals surface area contributed by atoms with E-state index in [1.165, 1.54) is 19.2 Å². The molecule has 1 unspecified atom stereocenters. The Balaban J connectivity index is 2.39. The van der Waals surface area contributed by atoms with Crippen LogP contribution in [-0.2, 0) is 4.74 Å². The average Bonchev–Trinajstić information content (AvgIpc) is 2.33. The van der Waals surface area contributed by atoms with Gasteiger partial charge in [-0.15, -0.1) is 0 Å². The molecule has 1 aliphatic heterocycles. The summed E-state index contributed by atoms with van der Waals surface area (Å²) in [6, 6.07) is 2.81. The second kappa shape index (κ2) is 4.67. The lowest BCUT2D eigenvalue weighted by Gasteiger charge is -2.25. The monoisotopic (exact) mass is 227 g/mol. The maximum absolute atomic E-state index is 13.8. The molecule has 1 aromatic carbocycles. The van der Waals surface area contributed by atoms with Crippen LogP contribution in [-0.4, -0.2) is 31.9 Å². The van der Waals surface area contributed by atoms with Crippen molar-refractivity contribution in [1.82, 2.24) is 5.32 Å². The van der Waals surface area contributed by atoms with E-state index in [2.05, 4.69) is 5.32 Å². The Morgan fingerprint density at radius 2 is 2.38 bits per heavy atom. The van der Waals surface area contributed by atoms with Gasteiger partial charge >= 0.3 is 0 Å². The number of hydrogen-bond acceptors (Lipinski definition) is 4. The number of benzene rings is 1. The van der Waals surface area contributed by atoms with Crippen LogP contribution in [0, 0.1) is 5.82 Å². The zero-order valence-electron chi connectivity index (χ0n) is 9.00. The van der Waals surface area contributed by atoms with E-state index in [1.54, 1.807) is 0 Å². The molecule has 4 nitrogen and oxygen atoms in total. The van der Waals surface area contributed by atoms with E-state index in [1.807, 2.05) is 0 Å². The average molecular weight is 227 g/mol. The molecule has 0 spiro atoms. The van der Waals surface area contributed by atoms with Crippen LogP contribution in [0.4, 0.5) is 4.39 Å². The predicted molar refractivity (Wildman–Crippen MR) is 56.2 cm³/mol. The third kappa shape index (κ3) is 1.96. The molecule has 0 saturated carbocycles. The highest BCUT2D eigenvalue weighted by molar-refractivity contribution is 5.43. The number of phenols is 1. The van der Waals surface area contributed by atoms with Crippen molar-refractivity contribution in [2.24, 2.45) is 0 Å². The highest BCUT2D eigenvalue weighted by atomic mass is 19.1. The van der Waals surface area contributed by atoms with Crippen LogP contribution in [0.3, 0.4) is 0 Å². The Morgan fingerprint density at radius 1 is 1.56 bits per heavy atom. The number of hydrogen-bond donors (Lipinski definition) is 2. The van der Waals surface area contributed by atoms with Gasteiger partial charge in [-0.2, -0.15) is 0 Å². The third-order valence-corrected chi connectivity index (χ3v) is 2.59. The standard InChI is InChI=1S/C11H14FNO3/c1-15-8-3-2-7(14)11(12)10(8)9-6-13-4-5-16-9/h2-3,9,13-14H,4-6H2,1H3. The largest absolute Gasteiger partial charge is 0.505 e. The van der Waals surface area contributed by atoms with Gasteiger partial charge in [0.1, 0.15) is 11.9 Å². The molecule has 5 heteroatoms. The van der Waals surface area contributed by atoms with Crippen molar-refractivity contribution < 1.29 is 19.0 Å². The van der Waals surface area contributed by atoms with Gasteiger partial charge in [0.25, 0.3) is 0 Å². The van der Waals surface area contributed by atoms with Crippen molar-refractivity contribution in [1.29, 1.82) is 0 Å². The number of ether oxygens (including phenoxy) is 2. The summed E-state index contributed by atoms with van der Waals surface area (Å²) in [4.78, 5) is 0. The lowest BCUT2D eigenvalue weighted by Crippen LogP contribution is -2.34. The molecule has 1 aliphatic rings. The van der Waals surface area contributed by atoms with Crippen LogP contribution in [0.2, 0.25) is 0 Å². The zero-order chi connectivity index (χ0) is 11.5. The summed E-state index contributed by atoms with van der Waals surface area (Å²) in [7, 11) is 1.46. The highest BCUT2D eigenvalue weighted by Crippen LogP contribution is 2.34. The van der Waals surface area contributed by atoms with Crippen molar-refractivity contribution >= 4 is 0 Å². The van der Waals surface area contributed by atoms with Gasteiger partial charge in [0.15, 0.2) is 11.6 Å².